The van der Waals surface area contributed by atoms with Crippen LogP contribution in [-0.4, -0.2) is 16.0 Å². The summed E-state index contributed by atoms with van der Waals surface area (Å²) in [6, 6.07) is 6.31. The van der Waals surface area contributed by atoms with E-state index in [2.05, 4.69) is 20.6 Å². The molecule has 3 rings (SSSR count). The summed E-state index contributed by atoms with van der Waals surface area (Å²) in [5.41, 5.74) is -0.742. The lowest BCUT2D eigenvalue weighted by molar-refractivity contribution is -0.141. The molecule has 1 heterocycles. The monoisotopic (exact) mass is 312 g/mol. The van der Waals surface area contributed by atoms with E-state index < -0.39 is 17.7 Å². The zero-order chi connectivity index (χ0) is 15.7. The molecule has 22 heavy (non-hydrogen) atoms. The number of rotatable bonds is 4. The Morgan fingerprint density at radius 1 is 1.09 bits per heavy atom. The van der Waals surface area contributed by atoms with Crippen molar-refractivity contribution in [1.29, 1.82) is 0 Å². The summed E-state index contributed by atoms with van der Waals surface area (Å²) >= 11 is 0. The standard InChI is InChI=1S/C14H12F4N4/c15-8-2-1-3-10(6-8)19-12-7-11(14(16,17)18)21-13(22-12)20-9-4-5-9/h1-3,6-7,9H,4-5H2,(H2,19,20,21,22). The average Bonchev–Trinajstić information content (AvgIpc) is 3.21. The highest BCUT2D eigenvalue weighted by atomic mass is 19.4. The van der Waals surface area contributed by atoms with Gasteiger partial charge < -0.3 is 10.6 Å². The summed E-state index contributed by atoms with van der Waals surface area (Å²) in [6.45, 7) is 0. The second-order valence-corrected chi connectivity index (χ2v) is 5.01. The van der Waals surface area contributed by atoms with E-state index in [1.807, 2.05) is 0 Å². The molecule has 1 aromatic carbocycles. The normalized spacial score (nSPS) is 14.7. The maximum atomic E-state index is 13.1. The smallest absolute Gasteiger partial charge is 0.351 e. The van der Waals surface area contributed by atoms with Crippen molar-refractivity contribution in [1.82, 2.24) is 9.97 Å². The molecule has 0 aliphatic heterocycles. The third-order valence-corrected chi connectivity index (χ3v) is 3.02. The van der Waals surface area contributed by atoms with Gasteiger partial charge in [-0.15, -0.1) is 0 Å². The summed E-state index contributed by atoms with van der Waals surface area (Å²) in [5, 5.41) is 5.49. The van der Waals surface area contributed by atoms with Gasteiger partial charge in [0.25, 0.3) is 0 Å². The zero-order valence-corrected chi connectivity index (χ0v) is 11.3. The molecular formula is C14H12F4N4. The van der Waals surface area contributed by atoms with Gasteiger partial charge in [-0.1, -0.05) is 6.07 Å². The third kappa shape index (κ3) is 3.63. The van der Waals surface area contributed by atoms with Gasteiger partial charge in [0.1, 0.15) is 11.6 Å². The molecule has 2 N–H and O–H groups in total. The number of aromatic nitrogens is 2. The van der Waals surface area contributed by atoms with Crippen molar-refractivity contribution in [3.63, 3.8) is 0 Å². The second-order valence-electron chi connectivity index (χ2n) is 5.01. The van der Waals surface area contributed by atoms with Gasteiger partial charge in [0.15, 0.2) is 5.69 Å². The largest absolute Gasteiger partial charge is 0.433 e. The molecule has 1 saturated carbocycles. The Morgan fingerprint density at radius 2 is 1.86 bits per heavy atom. The van der Waals surface area contributed by atoms with Crippen LogP contribution < -0.4 is 10.6 Å². The minimum absolute atomic E-state index is 0.0453. The Kier molecular flexibility index (Phi) is 3.59. The molecular weight excluding hydrogens is 300 g/mol. The fourth-order valence-corrected chi connectivity index (χ4v) is 1.85. The predicted molar refractivity (Wildman–Crippen MR) is 73.4 cm³/mol. The fourth-order valence-electron chi connectivity index (χ4n) is 1.85. The van der Waals surface area contributed by atoms with Crippen LogP contribution in [0.5, 0.6) is 0 Å². The lowest BCUT2D eigenvalue weighted by Crippen LogP contribution is -2.14. The molecule has 8 heteroatoms. The summed E-state index contributed by atoms with van der Waals surface area (Å²) in [4.78, 5) is 7.48. The first-order valence-electron chi connectivity index (χ1n) is 6.65. The average molecular weight is 312 g/mol. The van der Waals surface area contributed by atoms with Crippen molar-refractivity contribution < 1.29 is 17.6 Å². The van der Waals surface area contributed by atoms with E-state index in [0.29, 0.717) is 5.69 Å². The fraction of sp³-hybridized carbons (Fsp3) is 0.286. The molecule has 0 saturated heterocycles. The van der Waals surface area contributed by atoms with E-state index in [0.717, 1.165) is 18.9 Å². The Labute approximate surface area is 123 Å². The molecule has 0 amide bonds. The van der Waals surface area contributed by atoms with E-state index in [4.69, 9.17) is 0 Å². The number of benzene rings is 1. The first kappa shape index (κ1) is 14.6. The van der Waals surface area contributed by atoms with Crippen molar-refractivity contribution in [2.75, 3.05) is 10.6 Å². The van der Waals surface area contributed by atoms with Crippen LogP contribution in [0.2, 0.25) is 0 Å². The zero-order valence-electron chi connectivity index (χ0n) is 11.3. The quantitative estimate of drug-likeness (QED) is 0.839. The van der Waals surface area contributed by atoms with Crippen LogP contribution in [0.15, 0.2) is 30.3 Å². The summed E-state index contributed by atoms with van der Waals surface area (Å²) < 4.78 is 51.8. The minimum Gasteiger partial charge on any atom is -0.351 e. The topological polar surface area (TPSA) is 49.8 Å². The summed E-state index contributed by atoms with van der Waals surface area (Å²) in [6.07, 6.45) is -2.82. The van der Waals surface area contributed by atoms with Crippen molar-refractivity contribution in [2.24, 2.45) is 0 Å². The number of hydrogen-bond acceptors (Lipinski definition) is 4. The van der Waals surface area contributed by atoms with Crippen molar-refractivity contribution >= 4 is 17.5 Å². The first-order chi connectivity index (χ1) is 10.4. The highest BCUT2D eigenvalue weighted by Crippen LogP contribution is 2.31. The third-order valence-electron chi connectivity index (χ3n) is 3.02. The Balaban J connectivity index is 1.91. The first-order valence-corrected chi connectivity index (χ1v) is 6.65. The second kappa shape index (κ2) is 5.43. The molecule has 1 aromatic heterocycles. The van der Waals surface area contributed by atoms with Crippen molar-refractivity contribution in [3.8, 4) is 0 Å². The summed E-state index contributed by atoms with van der Waals surface area (Å²) in [5.74, 6) is -0.626. The van der Waals surface area contributed by atoms with Crippen LogP contribution in [0, 0.1) is 5.82 Å². The maximum Gasteiger partial charge on any atom is 0.433 e. The van der Waals surface area contributed by atoms with Crippen molar-refractivity contribution in [2.45, 2.75) is 25.1 Å². The van der Waals surface area contributed by atoms with Gasteiger partial charge in [-0.2, -0.15) is 18.2 Å². The molecule has 116 valence electrons. The van der Waals surface area contributed by atoms with Gasteiger partial charge in [-0.3, -0.25) is 0 Å². The highest BCUT2D eigenvalue weighted by Gasteiger charge is 2.34. The van der Waals surface area contributed by atoms with Crippen LogP contribution >= 0.6 is 0 Å². The molecule has 2 aromatic rings. The molecule has 1 aliphatic carbocycles. The van der Waals surface area contributed by atoms with Crippen LogP contribution in [0.3, 0.4) is 0 Å². The van der Waals surface area contributed by atoms with E-state index in [9.17, 15) is 17.6 Å². The van der Waals surface area contributed by atoms with Gasteiger partial charge >= 0.3 is 6.18 Å². The predicted octanol–water partition coefficient (Wildman–Crippen LogP) is 3.95. The SMILES string of the molecule is Fc1cccc(Nc2cc(C(F)(F)F)nc(NC3CC3)n2)c1. The van der Waals surface area contributed by atoms with E-state index in [-0.39, 0.29) is 17.8 Å². The molecule has 0 unspecified atom stereocenters. The van der Waals surface area contributed by atoms with Crippen LogP contribution in [0.4, 0.5) is 35.0 Å². The lowest BCUT2D eigenvalue weighted by atomic mass is 10.3. The van der Waals surface area contributed by atoms with Crippen LogP contribution in [-0.2, 0) is 6.18 Å². The van der Waals surface area contributed by atoms with E-state index in [1.54, 1.807) is 0 Å². The van der Waals surface area contributed by atoms with Gasteiger partial charge in [0.2, 0.25) is 5.95 Å². The van der Waals surface area contributed by atoms with Gasteiger partial charge in [0.05, 0.1) is 0 Å². The molecule has 0 radical (unpaired) electrons. The Hall–Kier alpha value is -2.38. The number of anilines is 3. The van der Waals surface area contributed by atoms with E-state index in [1.165, 1.54) is 24.3 Å². The Morgan fingerprint density at radius 3 is 2.50 bits per heavy atom. The van der Waals surface area contributed by atoms with Gasteiger partial charge in [-0.05, 0) is 31.0 Å². The number of alkyl halides is 3. The minimum atomic E-state index is -4.58. The number of hydrogen-bond donors (Lipinski definition) is 2. The van der Waals surface area contributed by atoms with Gasteiger partial charge in [0, 0.05) is 17.8 Å². The lowest BCUT2D eigenvalue weighted by Gasteiger charge is -2.12. The number of nitrogens with one attached hydrogen (secondary N) is 2. The van der Waals surface area contributed by atoms with Gasteiger partial charge in [-0.25, -0.2) is 9.37 Å². The molecule has 1 fully saturated rings. The van der Waals surface area contributed by atoms with Crippen LogP contribution in [0.25, 0.3) is 0 Å². The molecule has 0 bridgehead atoms. The number of halogens is 4. The summed E-state index contributed by atoms with van der Waals surface area (Å²) in [7, 11) is 0. The molecule has 4 nitrogen and oxygen atoms in total. The van der Waals surface area contributed by atoms with E-state index >= 15 is 0 Å². The number of nitrogens with zero attached hydrogens (tertiary/aromatic N) is 2. The van der Waals surface area contributed by atoms with Crippen molar-refractivity contribution in [3.05, 3.63) is 41.8 Å². The molecule has 1 aliphatic rings. The van der Waals surface area contributed by atoms with Crippen LogP contribution in [0.1, 0.15) is 18.5 Å². The molecule has 0 atom stereocenters. The highest BCUT2D eigenvalue weighted by molar-refractivity contribution is 5.57. The molecule has 0 spiro atoms. The Bertz CT molecular complexity index is 683. The maximum absolute atomic E-state index is 13.1.